The van der Waals surface area contributed by atoms with Crippen LogP contribution in [-0.4, -0.2) is 49.4 Å². The van der Waals surface area contributed by atoms with E-state index in [1.54, 1.807) is 0 Å². The maximum Gasteiger partial charge on any atom is 0.222 e. The van der Waals surface area contributed by atoms with E-state index in [1.807, 2.05) is 4.90 Å². The highest BCUT2D eigenvalue weighted by Crippen LogP contribution is 2.15. The molecule has 2 fully saturated rings. The summed E-state index contributed by atoms with van der Waals surface area (Å²) in [4.78, 5) is 25.1. The van der Waals surface area contributed by atoms with Crippen LogP contribution in [0.3, 0.4) is 0 Å². The van der Waals surface area contributed by atoms with Crippen molar-refractivity contribution in [2.24, 2.45) is 5.92 Å². The third-order valence-corrected chi connectivity index (χ3v) is 3.53. The van der Waals surface area contributed by atoms with E-state index in [1.165, 1.54) is 0 Å². The van der Waals surface area contributed by atoms with Gasteiger partial charge in [-0.1, -0.05) is 0 Å². The molecule has 0 aliphatic carbocycles. The molecule has 0 bridgehead atoms. The van der Waals surface area contributed by atoms with Crippen molar-refractivity contribution in [1.29, 1.82) is 0 Å². The van der Waals surface area contributed by atoms with E-state index < -0.39 is 0 Å². The van der Waals surface area contributed by atoms with Gasteiger partial charge >= 0.3 is 0 Å². The highest BCUT2D eigenvalue weighted by Gasteiger charge is 2.22. The first-order valence-electron chi connectivity index (χ1n) is 6.51. The van der Waals surface area contributed by atoms with Crippen LogP contribution in [0.4, 0.5) is 0 Å². The van der Waals surface area contributed by atoms with Gasteiger partial charge in [0.2, 0.25) is 11.8 Å². The van der Waals surface area contributed by atoms with Crippen LogP contribution in [0.25, 0.3) is 0 Å². The van der Waals surface area contributed by atoms with Crippen molar-refractivity contribution in [2.75, 3.05) is 32.7 Å². The summed E-state index contributed by atoms with van der Waals surface area (Å²) in [5.74, 6) is 0.734. The topological polar surface area (TPSA) is 61.4 Å². The Balaban J connectivity index is 1.79. The second-order valence-electron chi connectivity index (χ2n) is 4.90. The molecule has 0 aromatic heterocycles. The number of hydrogen-bond donors (Lipinski definition) is 2. The fourth-order valence-corrected chi connectivity index (χ4v) is 2.49. The number of piperidine rings is 1. The summed E-state index contributed by atoms with van der Waals surface area (Å²) >= 11 is 0. The Labute approximate surface area is 102 Å². The largest absolute Gasteiger partial charge is 0.354 e. The normalized spacial score (nSPS) is 26.2. The molecule has 2 amide bonds. The molecule has 0 aromatic rings. The number of amides is 2. The first-order valence-corrected chi connectivity index (χ1v) is 6.51. The maximum atomic E-state index is 12.1. The van der Waals surface area contributed by atoms with Crippen molar-refractivity contribution in [3.8, 4) is 0 Å². The van der Waals surface area contributed by atoms with E-state index >= 15 is 0 Å². The average molecular weight is 239 g/mol. The van der Waals surface area contributed by atoms with E-state index in [2.05, 4.69) is 10.6 Å². The molecule has 5 nitrogen and oxygen atoms in total. The molecule has 5 heteroatoms. The monoisotopic (exact) mass is 239 g/mol. The van der Waals surface area contributed by atoms with Crippen molar-refractivity contribution in [1.82, 2.24) is 15.5 Å². The van der Waals surface area contributed by atoms with Crippen LogP contribution in [0, 0.1) is 5.92 Å². The number of carbonyl (C=O) groups is 2. The molecule has 0 saturated carbocycles. The predicted molar refractivity (Wildman–Crippen MR) is 64.4 cm³/mol. The molecule has 2 aliphatic heterocycles. The van der Waals surface area contributed by atoms with E-state index in [9.17, 15) is 9.59 Å². The molecule has 2 saturated heterocycles. The zero-order valence-corrected chi connectivity index (χ0v) is 10.2. The Hall–Kier alpha value is -1.10. The number of rotatable bonds is 2. The molecule has 1 atom stereocenters. The van der Waals surface area contributed by atoms with Crippen molar-refractivity contribution < 1.29 is 9.59 Å². The number of nitrogens with one attached hydrogen (secondary N) is 2. The summed E-state index contributed by atoms with van der Waals surface area (Å²) in [6.07, 6.45) is 3.37. The third kappa shape index (κ3) is 3.70. The van der Waals surface area contributed by atoms with Crippen LogP contribution in [0.1, 0.15) is 25.7 Å². The number of nitrogens with zero attached hydrogens (tertiary/aromatic N) is 1. The van der Waals surface area contributed by atoms with Crippen LogP contribution in [0.5, 0.6) is 0 Å². The predicted octanol–water partition coefficient (Wildman–Crippen LogP) is -0.275. The minimum Gasteiger partial charge on any atom is -0.354 e. The Kier molecular flexibility index (Phi) is 4.36. The summed E-state index contributed by atoms with van der Waals surface area (Å²) in [6, 6.07) is 0. The Morgan fingerprint density at radius 3 is 3.00 bits per heavy atom. The van der Waals surface area contributed by atoms with Crippen molar-refractivity contribution in [2.45, 2.75) is 25.7 Å². The fraction of sp³-hybridized carbons (Fsp3) is 0.833. The molecule has 0 spiro atoms. The van der Waals surface area contributed by atoms with Gasteiger partial charge in [-0.05, 0) is 31.8 Å². The lowest BCUT2D eigenvalue weighted by atomic mass is 9.95. The fourth-order valence-electron chi connectivity index (χ4n) is 2.49. The van der Waals surface area contributed by atoms with Gasteiger partial charge in [-0.15, -0.1) is 0 Å². The third-order valence-electron chi connectivity index (χ3n) is 3.53. The Morgan fingerprint density at radius 2 is 2.24 bits per heavy atom. The standard InChI is InChI=1S/C12H21N3O2/c16-11-3-6-15(7-5-14-11)12(17)8-10-2-1-4-13-9-10/h10,13H,1-9H2,(H,14,16). The van der Waals surface area contributed by atoms with E-state index in [0.29, 0.717) is 38.4 Å². The smallest absolute Gasteiger partial charge is 0.222 e. The van der Waals surface area contributed by atoms with Crippen LogP contribution in [0.2, 0.25) is 0 Å². The van der Waals surface area contributed by atoms with Gasteiger partial charge in [-0.2, -0.15) is 0 Å². The highest BCUT2D eigenvalue weighted by molar-refractivity contribution is 5.80. The molecule has 2 N–H and O–H groups in total. The first kappa shape index (κ1) is 12.4. The quantitative estimate of drug-likeness (QED) is 0.697. The lowest BCUT2D eigenvalue weighted by Gasteiger charge is -2.26. The summed E-state index contributed by atoms with van der Waals surface area (Å²) in [5, 5.41) is 6.11. The lowest BCUT2D eigenvalue weighted by molar-refractivity contribution is -0.132. The zero-order valence-electron chi connectivity index (χ0n) is 10.2. The maximum absolute atomic E-state index is 12.1. The molecule has 2 rings (SSSR count). The summed E-state index contributed by atoms with van der Waals surface area (Å²) < 4.78 is 0. The van der Waals surface area contributed by atoms with Gasteiger partial charge in [-0.25, -0.2) is 0 Å². The molecule has 0 aromatic carbocycles. The summed E-state index contributed by atoms with van der Waals surface area (Å²) in [5.41, 5.74) is 0. The van der Waals surface area contributed by atoms with E-state index in [-0.39, 0.29) is 11.8 Å². The molecule has 2 aliphatic rings. The average Bonchev–Trinajstić information content (AvgIpc) is 2.55. The minimum atomic E-state index is 0.0552. The SMILES string of the molecule is O=C1CCN(C(=O)CC2CCCNC2)CCN1. The molecule has 17 heavy (non-hydrogen) atoms. The van der Waals surface area contributed by atoms with Crippen LogP contribution >= 0.6 is 0 Å². The number of hydrogen-bond acceptors (Lipinski definition) is 3. The van der Waals surface area contributed by atoms with Crippen molar-refractivity contribution in [3.05, 3.63) is 0 Å². The molecule has 0 radical (unpaired) electrons. The van der Waals surface area contributed by atoms with Gasteiger partial charge in [0.15, 0.2) is 0 Å². The summed E-state index contributed by atoms with van der Waals surface area (Å²) in [6.45, 7) is 3.85. The van der Waals surface area contributed by atoms with Gasteiger partial charge in [-0.3, -0.25) is 9.59 Å². The lowest BCUT2D eigenvalue weighted by Crippen LogP contribution is -2.38. The van der Waals surface area contributed by atoms with Crippen molar-refractivity contribution >= 4 is 11.8 Å². The Morgan fingerprint density at radius 1 is 1.35 bits per heavy atom. The molecular weight excluding hydrogens is 218 g/mol. The molecule has 2 heterocycles. The first-order chi connectivity index (χ1) is 8.25. The van der Waals surface area contributed by atoms with Crippen LogP contribution < -0.4 is 10.6 Å². The van der Waals surface area contributed by atoms with Gasteiger partial charge in [0.25, 0.3) is 0 Å². The van der Waals surface area contributed by atoms with Crippen LogP contribution in [0.15, 0.2) is 0 Å². The minimum absolute atomic E-state index is 0.0552. The van der Waals surface area contributed by atoms with Gasteiger partial charge in [0.05, 0.1) is 0 Å². The van der Waals surface area contributed by atoms with Crippen molar-refractivity contribution in [3.63, 3.8) is 0 Å². The second kappa shape index (κ2) is 6.00. The summed E-state index contributed by atoms with van der Waals surface area (Å²) in [7, 11) is 0. The molecule has 1 unspecified atom stereocenters. The van der Waals surface area contributed by atoms with Gasteiger partial charge in [0, 0.05) is 32.5 Å². The molecular formula is C12H21N3O2. The number of carbonyl (C=O) groups excluding carboxylic acids is 2. The highest BCUT2D eigenvalue weighted by atomic mass is 16.2. The Bertz CT molecular complexity index is 287. The van der Waals surface area contributed by atoms with Crippen LogP contribution in [-0.2, 0) is 9.59 Å². The van der Waals surface area contributed by atoms with Gasteiger partial charge in [0.1, 0.15) is 0 Å². The zero-order chi connectivity index (χ0) is 12.1. The second-order valence-corrected chi connectivity index (χ2v) is 4.90. The molecule has 96 valence electrons. The van der Waals surface area contributed by atoms with E-state index in [4.69, 9.17) is 0 Å². The van der Waals surface area contributed by atoms with Gasteiger partial charge < -0.3 is 15.5 Å². The van der Waals surface area contributed by atoms with E-state index in [0.717, 1.165) is 25.9 Å².